The fourth-order valence-electron chi connectivity index (χ4n) is 2.71. The number of thioether (sulfide) groups is 1. The zero-order chi connectivity index (χ0) is 19.2. The first-order chi connectivity index (χ1) is 13.0. The van der Waals surface area contributed by atoms with E-state index in [9.17, 15) is 4.79 Å². The molecule has 0 saturated carbocycles. The van der Waals surface area contributed by atoms with Crippen LogP contribution in [-0.4, -0.2) is 22.9 Å². The van der Waals surface area contributed by atoms with E-state index in [1.54, 1.807) is 6.21 Å². The van der Waals surface area contributed by atoms with E-state index in [4.69, 9.17) is 0 Å². The second kappa shape index (κ2) is 8.82. The SMILES string of the molecule is Cc1cc(SCC(=O)N/N=C\c2ccc(C(C)C)cc2)c2ccccc2n1. The van der Waals surface area contributed by atoms with Crippen molar-refractivity contribution in [2.75, 3.05) is 5.75 Å². The Hall–Kier alpha value is -2.66. The summed E-state index contributed by atoms with van der Waals surface area (Å²) in [6, 6.07) is 18.2. The van der Waals surface area contributed by atoms with Crippen molar-refractivity contribution in [2.45, 2.75) is 31.6 Å². The van der Waals surface area contributed by atoms with Gasteiger partial charge in [0.25, 0.3) is 0 Å². The summed E-state index contributed by atoms with van der Waals surface area (Å²) < 4.78 is 0. The molecule has 0 atom stereocenters. The number of benzene rings is 2. The molecular formula is C22H23N3OS. The van der Waals surface area contributed by atoms with Gasteiger partial charge in [-0.05, 0) is 36.1 Å². The summed E-state index contributed by atoms with van der Waals surface area (Å²) in [6.45, 7) is 6.29. The lowest BCUT2D eigenvalue weighted by Gasteiger charge is -2.07. The molecule has 0 aliphatic heterocycles. The molecule has 0 spiro atoms. The third-order valence-electron chi connectivity index (χ3n) is 4.17. The highest BCUT2D eigenvalue weighted by Crippen LogP contribution is 2.27. The number of nitrogens with one attached hydrogen (secondary N) is 1. The Kier molecular flexibility index (Phi) is 6.24. The molecule has 138 valence electrons. The maximum atomic E-state index is 12.1. The molecule has 0 aliphatic rings. The van der Waals surface area contributed by atoms with Gasteiger partial charge in [-0.25, -0.2) is 5.43 Å². The Morgan fingerprint density at radius 3 is 2.67 bits per heavy atom. The number of carbonyl (C=O) groups excluding carboxylic acids is 1. The maximum absolute atomic E-state index is 12.1. The summed E-state index contributed by atoms with van der Waals surface area (Å²) >= 11 is 1.50. The lowest BCUT2D eigenvalue weighted by Crippen LogP contribution is -2.19. The monoisotopic (exact) mass is 377 g/mol. The number of para-hydroxylation sites is 1. The zero-order valence-corrected chi connectivity index (χ0v) is 16.6. The van der Waals surface area contributed by atoms with Crippen molar-refractivity contribution in [1.82, 2.24) is 10.4 Å². The highest BCUT2D eigenvalue weighted by Gasteiger charge is 2.07. The van der Waals surface area contributed by atoms with Gasteiger partial charge in [-0.2, -0.15) is 5.10 Å². The van der Waals surface area contributed by atoms with Crippen LogP contribution in [0.3, 0.4) is 0 Å². The first kappa shape index (κ1) is 19.1. The van der Waals surface area contributed by atoms with Crippen LogP contribution in [0.1, 0.15) is 36.6 Å². The van der Waals surface area contributed by atoms with Crippen molar-refractivity contribution >= 4 is 34.8 Å². The molecule has 0 saturated heterocycles. The summed E-state index contributed by atoms with van der Waals surface area (Å²) in [5, 5.41) is 5.12. The topological polar surface area (TPSA) is 54.4 Å². The molecule has 0 radical (unpaired) electrons. The summed E-state index contributed by atoms with van der Waals surface area (Å²) in [6.07, 6.45) is 1.67. The second-order valence-corrected chi connectivity index (χ2v) is 7.70. The highest BCUT2D eigenvalue weighted by atomic mass is 32.2. The molecule has 1 heterocycles. The van der Waals surface area contributed by atoms with E-state index >= 15 is 0 Å². The lowest BCUT2D eigenvalue weighted by molar-refractivity contribution is -0.118. The normalized spacial score (nSPS) is 11.4. The smallest absolute Gasteiger partial charge is 0.250 e. The summed E-state index contributed by atoms with van der Waals surface area (Å²) in [7, 11) is 0. The molecule has 3 aromatic rings. The van der Waals surface area contributed by atoms with Crippen molar-refractivity contribution in [1.29, 1.82) is 0 Å². The number of hydrogen-bond acceptors (Lipinski definition) is 4. The van der Waals surface area contributed by atoms with Crippen LogP contribution in [0.15, 0.2) is 64.6 Å². The molecule has 1 amide bonds. The number of pyridine rings is 1. The molecule has 27 heavy (non-hydrogen) atoms. The number of hydrazone groups is 1. The van der Waals surface area contributed by atoms with E-state index in [1.807, 2.05) is 49.4 Å². The van der Waals surface area contributed by atoms with Crippen molar-refractivity contribution in [3.8, 4) is 0 Å². The molecule has 3 rings (SSSR count). The van der Waals surface area contributed by atoms with Crippen LogP contribution in [0, 0.1) is 6.92 Å². The number of rotatable bonds is 6. The number of carbonyl (C=O) groups is 1. The fraction of sp³-hybridized carbons (Fsp3) is 0.227. The number of aryl methyl sites for hydroxylation is 1. The van der Waals surface area contributed by atoms with E-state index < -0.39 is 0 Å². The van der Waals surface area contributed by atoms with Gasteiger partial charge in [0.2, 0.25) is 5.91 Å². The quantitative estimate of drug-likeness (QED) is 0.377. The van der Waals surface area contributed by atoms with Gasteiger partial charge >= 0.3 is 0 Å². The molecule has 0 bridgehead atoms. The largest absolute Gasteiger partial charge is 0.272 e. The Morgan fingerprint density at radius 2 is 1.93 bits per heavy atom. The van der Waals surface area contributed by atoms with E-state index in [2.05, 4.69) is 41.5 Å². The van der Waals surface area contributed by atoms with Gasteiger partial charge in [0.05, 0.1) is 17.5 Å². The first-order valence-corrected chi connectivity index (χ1v) is 9.92. The summed E-state index contributed by atoms with van der Waals surface area (Å²) in [4.78, 5) is 17.7. The minimum Gasteiger partial charge on any atom is -0.272 e. The molecular weight excluding hydrogens is 354 g/mol. The zero-order valence-electron chi connectivity index (χ0n) is 15.8. The van der Waals surface area contributed by atoms with Gasteiger partial charge < -0.3 is 0 Å². The molecule has 0 aliphatic carbocycles. The van der Waals surface area contributed by atoms with Gasteiger partial charge in [-0.1, -0.05) is 56.3 Å². The van der Waals surface area contributed by atoms with Crippen molar-refractivity contribution in [3.63, 3.8) is 0 Å². The highest BCUT2D eigenvalue weighted by molar-refractivity contribution is 8.00. The summed E-state index contributed by atoms with van der Waals surface area (Å²) in [5.74, 6) is 0.672. The van der Waals surface area contributed by atoms with Crippen molar-refractivity contribution in [3.05, 3.63) is 71.4 Å². The van der Waals surface area contributed by atoms with Crippen LogP contribution in [-0.2, 0) is 4.79 Å². The van der Waals surface area contributed by atoms with Crippen LogP contribution in [0.4, 0.5) is 0 Å². The third kappa shape index (κ3) is 5.17. The van der Waals surface area contributed by atoms with Gasteiger partial charge in [0.15, 0.2) is 0 Å². The summed E-state index contributed by atoms with van der Waals surface area (Å²) in [5.41, 5.74) is 6.73. The van der Waals surface area contributed by atoms with Crippen LogP contribution in [0.25, 0.3) is 10.9 Å². The second-order valence-electron chi connectivity index (χ2n) is 6.68. The van der Waals surface area contributed by atoms with Crippen LogP contribution in [0.5, 0.6) is 0 Å². The van der Waals surface area contributed by atoms with E-state index in [-0.39, 0.29) is 5.91 Å². The van der Waals surface area contributed by atoms with Gasteiger partial charge in [0, 0.05) is 16.0 Å². The Bertz CT molecular complexity index is 965. The Balaban J connectivity index is 1.57. The molecule has 4 nitrogen and oxygen atoms in total. The predicted molar refractivity (Wildman–Crippen MR) is 113 cm³/mol. The maximum Gasteiger partial charge on any atom is 0.250 e. The standard InChI is InChI=1S/C22H23N3OS/c1-15(2)18-10-8-17(9-11-18)13-23-25-22(26)14-27-21-12-16(3)24-20-7-5-4-6-19(20)21/h4-13,15H,14H2,1-3H3,(H,25,26)/b23-13-. The van der Waals surface area contributed by atoms with Crippen molar-refractivity contribution in [2.24, 2.45) is 5.10 Å². The predicted octanol–water partition coefficient (Wildman–Crippen LogP) is 4.91. The van der Waals surface area contributed by atoms with E-state index in [0.717, 1.165) is 27.1 Å². The molecule has 1 N–H and O–H groups in total. The van der Waals surface area contributed by atoms with Crippen LogP contribution < -0.4 is 5.43 Å². The van der Waals surface area contributed by atoms with E-state index in [1.165, 1.54) is 17.3 Å². The number of nitrogens with zero attached hydrogens (tertiary/aromatic N) is 2. The lowest BCUT2D eigenvalue weighted by atomic mass is 10.0. The minimum atomic E-state index is -0.131. The molecule has 1 aromatic heterocycles. The number of fused-ring (bicyclic) bond motifs is 1. The number of amides is 1. The minimum absolute atomic E-state index is 0.131. The van der Waals surface area contributed by atoms with Crippen molar-refractivity contribution < 1.29 is 4.79 Å². The average Bonchev–Trinajstić information content (AvgIpc) is 2.66. The Labute approximate surface area is 164 Å². The third-order valence-corrected chi connectivity index (χ3v) is 5.23. The molecule has 2 aromatic carbocycles. The van der Waals surface area contributed by atoms with Gasteiger partial charge in [0.1, 0.15) is 0 Å². The molecule has 5 heteroatoms. The van der Waals surface area contributed by atoms with Gasteiger partial charge in [-0.15, -0.1) is 11.8 Å². The number of aromatic nitrogens is 1. The van der Waals surface area contributed by atoms with Crippen LogP contribution in [0.2, 0.25) is 0 Å². The van der Waals surface area contributed by atoms with E-state index in [0.29, 0.717) is 11.7 Å². The molecule has 0 unspecified atom stereocenters. The average molecular weight is 378 g/mol. The number of hydrogen-bond donors (Lipinski definition) is 1. The van der Waals surface area contributed by atoms with Crippen LogP contribution >= 0.6 is 11.8 Å². The first-order valence-electron chi connectivity index (χ1n) is 8.94. The van der Waals surface area contributed by atoms with Gasteiger partial charge in [-0.3, -0.25) is 9.78 Å². The Morgan fingerprint density at radius 1 is 1.19 bits per heavy atom. The molecule has 0 fully saturated rings. The fourth-order valence-corrected chi connectivity index (χ4v) is 3.64.